The van der Waals surface area contributed by atoms with Gasteiger partial charge in [-0.1, -0.05) is 194 Å². The zero-order chi connectivity index (χ0) is 37.0. The molecule has 0 amide bonds. The Morgan fingerprint density at radius 1 is 0.464 bits per heavy atom. The summed E-state index contributed by atoms with van der Waals surface area (Å²) in [5.74, 6) is 1.50. The molecule has 5 aliphatic rings. The Hall–Kier alpha value is -6.24. The lowest BCUT2D eigenvalue weighted by Gasteiger charge is -2.35. The maximum atomic E-state index is 2.49. The quantitative estimate of drug-likeness (QED) is 0.156. The third kappa shape index (κ3) is 5.42. The van der Waals surface area contributed by atoms with Gasteiger partial charge in [-0.25, -0.2) is 0 Å². The Bertz CT molecular complexity index is 2860. The number of allylic oxidation sites excluding steroid dienone is 13. The smallest absolute Gasteiger partial charge is 0.0137 e. The van der Waals surface area contributed by atoms with Crippen LogP contribution >= 0.6 is 0 Å². The van der Waals surface area contributed by atoms with Crippen LogP contribution in [0.2, 0.25) is 0 Å². The average Bonchev–Trinajstić information content (AvgIpc) is 3.27. The summed E-state index contributed by atoms with van der Waals surface area (Å²) in [5.41, 5.74) is 14.3. The van der Waals surface area contributed by atoms with Gasteiger partial charge in [0.15, 0.2) is 0 Å². The van der Waals surface area contributed by atoms with Gasteiger partial charge >= 0.3 is 0 Å². The van der Waals surface area contributed by atoms with Crippen LogP contribution in [0.25, 0.3) is 49.9 Å². The summed E-state index contributed by atoms with van der Waals surface area (Å²) in [6.07, 6.45) is 30.4. The fraction of sp³-hybridized carbons (Fsp3) is 0.143. The van der Waals surface area contributed by atoms with E-state index in [1.54, 1.807) is 0 Å². The fourth-order valence-corrected chi connectivity index (χ4v) is 10.7. The molecule has 0 N–H and O–H groups in total. The highest BCUT2D eigenvalue weighted by molar-refractivity contribution is 6.16. The number of hydrogen-bond acceptors (Lipinski definition) is 0. The van der Waals surface area contributed by atoms with E-state index in [-0.39, 0.29) is 0 Å². The molecule has 56 heavy (non-hydrogen) atoms. The van der Waals surface area contributed by atoms with Crippen LogP contribution < -0.4 is 10.4 Å². The Morgan fingerprint density at radius 2 is 1.05 bits per heavy atom. The SMILES string of the molecule is C1=CCC(C2C=Cc3ccccc3C2)C(c2c3ccccc3c(C3=CC=C(C4=c5ccccc5=C(c5ccccc5)C5C=CC=CC45)CC3)c3ccccc23)=C1. The number of fused-ring (bicyclic) bond motifs is 5. The highest BCUT2D eigenvalue weighted by Gasteiger charge is 2.34. The molecule has 0 fully saturated rings. The highest BCUT2D eigenvalue weighted by Crippen LogP contribution is 2.48. The van der Waals surface area contributed by atoms with E-state index < -0.39 is 0 Å². The molecule has 0 radical (unpaired) electrons. The second kappa shape index (κ2) is 13.8. The van der Waals surface area contributed by atoms with E-state index in [2.05, 4.69) is 194 Å². The van der Waals surface area contributed by atoms with Crippen molar-refractivity contribution in [3.63, 3.8) is 0 Å². The van der Waals surface area contributed by atoms with Gasteiger partial charge in [-0.2, -0.15) is 0 Å². The number of benzene rings is 6. The van der Waals surface area contributed by atoms with Crippen molar-refractivity contribution in [3.8, 4) is 0 Å². The molecule has 11 rings (SSSR count). The predicted octanol–water partition coefficient (Wildman–Crippen LogP) is 12.4. The van der Waals surface area contributed by atoms with Crippen LogP contribution in [-0.4, -0.2) is 0 Å². The van der Waals surface area contributed by atoms with Crippen LogP contribution in [0, 0.1) is 23.7 Å². The van der Waals surface area contributed by atoms with Gasteiger partial charge in [0.25, 0.3) is 0 Å². The molecule has 0 heteroatoms. The molecular formula is C56H44. The Balaban J connectivity index is 1.06. The molecule has 0 nitrogen and oxygen atoms in total. The molecule has 5 aliphatic carbocycles. The van der Waals surface area contributed by atoms with Crippen molar-refractivity contribution in [2.75, 3.05) is 0 Å². The van der Waals surface area contributed by atoms with Crippen LogP contribution in [0.15, 0.2) is 194 Å². The summed E-state index contributed by atoms with van der Waals surface area (Å²) in [5, 5.41) is 8.21. The largest absolute Gasteiger partial charge is 0.0839 e. The monoisotopic (exact) mass is 716 g/mol. The first-order valence-electron chi connectivity index (χ1n) is 20.5. The third-order valence-corrected chi connectivity index (χ3v) is 13.2. The molecule has 0 saturated carbocycles. The lowest BCUT2D eigenvalue weighted by molar-refractivity contribution is 0.485. The fourth-order valence-electron chi connectivity index (χ4n) is 10.7. The van der Waals surface area contributed by atoms with Crippen molar-refractivity contribution in [1.82, 2.24) is 0 Å². The van der Waals surface area contributed by atoms with Crippen LogP contribution in [0.3, 0.4) is 0 Å². The van der Waals surface area contributed by atoms with E-state index in [1.807, 2.05) is 0 Å². The topological polar surface area (TPSA) is 0 Å². The first-order chi connectivity index (χ1) is 27.8. The number of hydrogen-bond donors (Lipinski definition) is 0. The zero-order valence-corrected chi connectivity index (χ0v) is 31.6. The second-order valence-corrected chi connectivity index (χ2v) is 16.1. The van der Waals surface area contributed by atoms with E-state index >= 15 is 0 Å². The molecule has 0 spiro atoms. The van der Waals surface area contributed by atoms with Gasteiger partial charge in [0.2, 0.25) is 0 Å². The van der Waals surface area contributed by atoms with Gasteiger partial charge in [-0.3, -0.25) is 0 Å². The minimum Gasteiger partial charge on any atom is -0.0839 e. The van der Waals surface area contributed by atoms with Crippen molar-refractivity contribution in [3.05, 3.63) is 232 Å². The molecule has 4 atom stereocenters. The van der Waals surface area contributed by atoms with Crippen LogP contribution in [0.1, 0.15) is 47.1 Å². The van der Waals surface area contributed by atoms with Crippen molar-refractivity contribution in [2.45, 2.75) is 25.7 Å². The standard InChI is InChI=1S/C56H44/c1-2-17-38(18-3-1)53-45-22-8-10-24-47(45)54(48-25-11-9-23-46(48)53)39-31-33-40(34-32-39)55-49-26-12-14-28-51(49)56(52-29-15-13-27-50(52)55)44-21-7-6-20-43(44)42-35-30-37-16-4-5-19-41(37)36-42/h1-19,21-31,33,35,42-43,45,47H,20,32,34,36H2. The summed E-state index contributed by atoms with van der Waals surface area (Å²) >= 11 is 0. The van der Waals surface area contributed by atoms with Gasteiger partial charge in [0.1, 0.15) is 0 Å². The molecular weight excluding hydrogens is 673 g/mol. The molecule has 4 unspecified atom stereocenters. The average molecular weight is 717 g/mol. The van der Waals surface area contributed by atoms with Crippen molar-refractivity contribution in [2.24, 2.45) is 23.7 Å². The molecule has 6 aromatic carbocycles. The lowest BCUT2D eigenvalue weighted by Crippen LogP contribution is -2.40. The third-order valence-electron chi connectivity index (χ3n) is 13.2. The number of rotatable bonds is 5. The van der Waals surface area contributed by atoms with E-state index in [4.69, 9.17) is 0 Å². The van der Waals surface area contributed by atoms with E-state index in [1.165, 1.54) is 87.7 Å². The minimum absolute atomic E-state index is 0.311. The van der Waals surface area contributed by atoms with E-state index in [0.717, 1.165) is 25.7 Å². The second-order valence-electron chi connectivity index (χ2n) is 16.1. The zero-order valence-electron chi connectivity index (χ0n) is 31.6. The Labute approximate surface area is 329 Å². The minimum atomic E-state index is 0.311. The molecule has 0 bridgehead atoms. The summed E-state index contributed by atoms with van der Waals surface area (Å²) in [6, 6.07) is 47.6. The normalized spacial score (nSPS) is 22.3. The first kappa shape index (κ1) is 33.1. The summed E-state index contributed by atoms with van der Waals surface area (Å²) in [6.45, 7) is 0. The van der Waals surface area contributed by atoms with Crippen molar-refractivity contribution < 1.29 is 0 Å². The molecule has 6 aromatic rings. The summed E-state index contributed by atoms with van der Waals surface area (Å²) in [4.78, 5) is 0. The van der Waals surface area contributed by atoms with Gasteiger partial charge in [0.05, 0.1) is 0 Å². The van der Waals surface area contributed by atoms with Crippen molar-refractivity contribution in [1.29, 1.82) is 0 Å². The van der Waals surface area contributed by atoms with E-state index in [0.29, 0.717) is 23.7 Å². The molecule has 268 valence electrons. The molecule has 0 aliphatic heterocycles. The first-order valence-corrected chi connectivity index (χ1v) is 20.5. The van der Waals surface area contributed by atoms with Gasteiger partial charge in [0, 0.05) is 11.8 Å². The maximum Gasteiger partial charge on any atom is 0.0137 e. The predicted molar refractivity (Wildman–Crippen MR) is 238 cm³/mol. The summed E-state index contributed by atoms with van der Waals surface area (Å²) in [7, 11) is 0. The maximum absolute atomic E-state index is 2.49. The van der Waals surface area contributed by atoms with Crippen molar-refractivity contribution >= 4 is 49.9 Å². The van der Waals surface area contributed by atoms with Gasteiger partial charge in [-0.15, -0.1) is 0 Å². The van der Waals surface area contributed by atoms with Gasteiger partial charge in [-0.05, 0) is 125 Å². The highest BCUT2D eigenvalue weighted by atomic mass is 14.4. The Kier molecular flexibility index (Phi) is 8.17. The molecule has 0 saturated heterocycles. The van der Waals surface area contributed by atoms with Crippen LogP contribution in [-0.2, 0) is 6.42 Å². The Morgan fingerprint density at radius 3 is 1.77 bits per heavy atom. The summed E-state index contributed by atoms with van der Waals surface area (Å²) < 4.78 is 0. The van der Waals surface area contributed by atoms with Crippen LogP contribution in [0.5, 0.6) is 0 Å². The molecule has 0 heterocycles. The van der Waals surface area contributed by atoms with Crippen LogP contribution in [0.4, 0.5) is 0 Å². The molecule has 0 aromatic heterocycles. The van der Waals surface area contributed by atoms with Gasteiger partial charge < -0.3 is 0 Å². The van der Waals surface area contributed by atoms with E-state index in [9.17, 15) is 0 Å². The lowest BCUT2D eigenvalue weighted by atomic mass is 9.68.